The van der Waals surface area contributed by atoms with E-state index in [1.807, 2.05) is 35.2 Å². The maximum Gasteiger partial charge on any atom is 0.246 e. The molecule has 4 nitrogen and oxygen atoms in total. The zero-order valence-corrected chi connectivity index (χ0v) is 13.1. The first kappa shape index (κ1) is 15.3. The predicted molar refractivity (Wildman–Crippen MR) is 85.2 cm³/mol. The van der Waals surface area contributed by atoms with Gasteiger partial charge in [0, 0.05) is 32.0 Å². The van der Waals surface area contributed by atoms with Crippen molar-refractivity contribution in [3.05, 3.63) is 42.0 Å². The number of hydrogen-bond donors (Lipinski definition) is 0. The van der Waals surface area contributed by atoms with E-state index < -0.39 is 5.79 Å². The number of carbonyl (C=O) groups excluding carboxylic acids is 1. The topological polar surface area (TPSA) is 38.8 Å². The van der Waals surface area contributed by atoms with Crippen molar-refractivity contribution >= 4 is 11.5 Å². The van der Waals surface area contributed by atoms with E-state index in [0.29, 0.717) is 26.3 Å². The average Bonchev–Trinajstić information content (AvgIpc) is 3.02. The molecule has 118 valence electrons. The lowest BCUT2D eigenvalue weighted by atomic mass is 10.0. The van der Waals surface area contributed by atoms with Gasteiger partial charge in [-0.2, -0.15) is 0 Å². The molecule has 0 atom stereocenters. The summed E-state index contributed by atoms with van der Waals surface area (Å²) in [5.74, 6) is -0.332. The zero-order chi connectivity index (χ0) is 15.4. The van der Waals surface area contributed by atoms with Crippen molar-refractivity contribution in [3.63, 3.8) is 0 Å². The van der Waals surface area contributed by atoms with Gasteiger partial charge in [0.15, 0.2) is 5.79 Å². The molecule has 0 unspecified atom stereocenters. The van der Waals surface area contributed by atoms with Gasteiger partial charge in [-0.05, 0) is 17.6 Å². The van der Waals surface area contributed by atoms with E-state index in [2.05, 4.69) is 6.92 Å². The summed E-state index contributed by atoms with van der Waals surface area (Å²) in [6.07, 6.45) is 4.15. The van der Waals surface area contributed by atoms with Crippen molar-refractivity contribution < 1.29 is 14.3 Å². The molecule has 2 saturated heterocycles. The Balaban J connectivity index is 1.65. The minimum absolute atomic E-state index is 0.0913. The van der Waals surface area contributed by atoms with E-state index in [-0.39, 0.29) is 5.91 Å². The van der Waals surface area contributed by atoms with Gasteiger partial charge in [0.2, 0.25) is 5.91 Å². The highest BCUT2D eigenvalue weighted by atomic mass is 16.7. The van der Waals surface area contributed by atoms with Gasteiger partial charge >= 0.3 is 0 Å². The predicted octanol–water partition coefficient (Wildman–Crippen LogP) is 2.85. The minimum Gasteiger partial charge on any atom is -0.347 e. The molecule has 1 aromatic carbocycles. The normalized spacial score (nSPS) is 21.3. The van der Waals surface area contributed by atoms with Crippen molar-refractivity contribution in [2.75, 3.05) is 26.3 Å². The molecule has 2 heterocycles. The molecule has 3 rings (SSSR count). The molecule has 0 aliphatic carbocycles. The fourth-order valence-electron chi connectivity index (χ4n) is 3.14. The van der Waals surface area contributed by atoms with Gasteiger partial charge in [0.1, 0.15) is 0 Å². The van der Waals surface area contributed by atoms with Crippen LogP contribution in [0.2, 0.25) is 0 Å². The van der Waals surface area contributed by atoms with E-state index in [1.54, 1.807) is 6.08 Å². The van der Waals surface area contributed by atoms with Gasteiger partial charge in [0.25, 0.3) is 0 Å². The second-order valence-corrected chi connectivity index (χ2v) is 5.82. The van der Waals surface area contributed by atoms with E-state index in [1.165, 1.54) is 0 Å². The first-order valence-corrected chi connectivity index (χ1v) is 8.05. The van der Waals surface area contributed by atoms with Crippen LogP contribution in [0.4, 0.5) is 0 Å². The third kappa shape index (κ3) is 3.23. The molecule has 0 saturated carbocycles. The molecule has 2 aliphatic rings. The lowest BCUT2D eigenvalue weighted by molar-refractivity contribution is -0.186. The summed E-state index contributed by atoms with van der Waals surface area (Å²) in [6, 6.07) is 10.1. The number of nitrogens with zero attached hydrogens (tertiary/aromatic N) is 1. The summed E-state index contributed by atoms with van der Waals surface area (Å²) >= 11 is 0. The highest BCUT2D eigenvalue weighted by Gasteiger charge is 2.40. The summed E-state index contributed by atoms with van der Waals surface area (Å²) in [6.45, 7) is 4.81. The number of allylic oxidation sites excluding steroid dienone is 1. The number of piperidine rings is 1. The molecular weight excluding hydrogens is 278 g/mol. The fourth-order valence-corrected chi connectivity index (χ4v) is 3.14. The molecule has 1 spiro atoms. The van der Waals surface area contributed by atoms with Gasteiger partial charge < -0.3 is 14.4 Å². The molecule has 2 fully saturated rings. The molecule has 2 aliphatic heterocycles. The van der Waals surface area contributed by atoms with Crippen LogP contribution in [0.1, 0.15) is 31.7 Å². The highest BCUT2D eigenvalue weighted by Crippen LogP contribution is 2.31. The number of ether oxygens (including phenoxy) is 2. The first-order chi connectivity index (χ1) is 10.7. The van der Waals surface area contributed by atoms with Crippen LogP contribution in [0.5, 0.6) is 0 Å². The molecule has 22 heavy (non-hydrogen) atoms. The fraction of sp³-hybridized carbons (Fsp3) is 0.500. The van der Waals surface area contributed by atoms with Gasteiger partial charge in [0.05, 0.1) is 13.2 Å². The van der Waals surface area contributed by atoms with Crippen LogP contribution in [0, 0.1) is 0 Å². The summed E-state index contributed by atoms with van der Waals surface area (Å²) in [7, 11) is 0. The number of hydrogen-bond acceptors (Lipinski definition) is 3. The molecule has 0 bridgehead atoms. The highest BCUT2D eigenvalue weighted by molar-refractivity contribution is 5.95. The van der Waals surface area contributed by atoms with E-state index in [4.69, 9.17) is 9.47 Å². The van der Waals surface area contributed by atoms with Gasteiger partial charge in [-0.1, -0.05) is 37.3 Å². The van der Waals surface area contributed by atoms with E-state index in [9.17, 15) is 4.79 Å². The van der Waals surface area contributed by atoms with Crippen molar-refractivity contribution in [2.24, 2.45) is 0 Å². The molecule has 1 aromatic rings. The van der Waals surface area contributed by atoms with Crippen LogP contribution in [0.15, 0.2) is 36.4 Å². The Morgan fingerprint density at radius 2 is 1.82 bits per heavy atom. The lowest BCUT2D eigenvalue weighted by Crippen LogP contribution is -2.46. The van der Waals surface area contributed by atoms with Gasteiger partial charge in [-0.25, -0.2) is 0 Å². The second kappa shape index (κ2) is 6.63. The largest absolute Gasteiger partial charge is 0.347 e. The third-order valence-corrected chi connectivity index (χ3v) is 4.47. The van der Waals surface area contributed by atoms with Crippen LogP contribution >= 0.6 is 0 Å². The summed E-state index contributed by atoms with van der Waals surface area (Å²) in [5.41, 5.74) is 2.20. The lowest BCUT2D eigenvalue weighted by Gasteiger charge is -2.37. The molecule has 0 N–H and O–H groups in total. The Morgan fingerprint density at radius 1 is 1.18 bits per heavy atom. The average molecular weight is 301 g/mol. The minimum atomic E-state index is -0.423. The number of benzene rings is 1. The molecule has 0 radical (unpaired) electrons. The van der Waals surface area contributed by atoms with Crippen LogP contribution in [0.3, 0.4) is 0 Å². The maximum atomic E-state index is 12.5. The molecular formula is C18H23NO3. The Labute approximate surface area is 131 Å². The summed E-state index contributed by atoms with van der Waals surface area (Å²) < 4.78 is 11.4. The monoisotopic (exact) mass is 301 g/mol. The molecule has 0 aromatic heterocycles. The SMILES string of the molecule is CC/C(=C\C(=O)N1CCC2(CC1)OCCO2)c1ccccc1. The number of amides is 1. The van der Waals surface area contributed by atoms with Crippen LogP contribution < -0.4 is 0 Å². The zero-order valence-electron chi connectivity index (χ0n) is 13.1. The Bertz CT molecular complexity index is 537. The summed E-state index contributed by atoms with van der Waals surface area (Å²) in [4.78, 5) is 14.4. The molecule has 4 heteroatoms. The van der Waals surface area contributed by atoms with Crippen LogP contribution in [0.25, 0.3) is 5.57 Å². The summed E-state index contributed by atoms with van der Waals surface area (Å²) in [5, 5.41) is 0. The van der Waals surface area contributed by atoms with Crippen molar-refractivity contribution in [2.45, 2.75) is 32.0 Å². The first-order valence-electron chi connectivity index (χ1n) is 8.05. The number of rotatable bonds is 3. The third-order valence-electron chi connectivity index (χ3n) is 4.47. The van der Waals surface area contributed by atoms with Gasteiger partial charge in [-0.3, -0.25) is 4.79 Å². The number of carbonyl (C=O) groups is 1. The van der Waals surface area contributed by atoms with Crippen molar-refractivity contribution in [1.82, 2.24) is 4.90 Å². The smallest absolute Gasteiger partial charge is 0.246 e. The Hall–Kier alpha value is -1.65. The molecule has 1 amide bonds. The van der Waals surface area contributed by atoms with Crippen LogP contribution in [-0.4, -0.2) is 42.9 Å². The quantitative estimate of drug-likeness (QED) is 0.806. The van der Waals surface area contributed by atoms with E-state index in [0.717, 1.165) is 30.4 Å². The van der Waals surface area contributed by atoms with Gasteiger partial charge in [-0.15, -0.1) is 0 Å². The standard InChI is InChI=1S/C18H23NO3/c1-2-15(16-6-4-3-5-7-16)14-17(20)19-10-8-18(9-11-19)21-12-13-22-18/h3-7,14H,2,8-13H2,1H3/b15-14+. The van der Waals surface area contributed by atoms with Crippen molar-refractivity contribution in [3.8, 4) is 0 Å². The van der Waals surface area contributed by atoms with Crippen molar-refractivity contribution in [1.29, 1.82) is 0 Å². The van der Waals surface area contributed by atoms with Crippen LogP contribution in [-0.2, 0) is 14.3 Å². The Morgan fingerprint density at radius 3 is 2.41 bits per heavy atom. The second-order valence-electron chi connectivity index (χ2n) is 5.82. The number of likely N-dealkylation sites (tertiary alicyclic amines) is 1. The van der Waals surface area contributed by atoms with E-state index >= 15 is 0 Å². The Kier molecular flexibility index (Phi) is 4.60. The maximum absolute atomic E-state index is 12.5.